The number of likely N-dealkylation sites (N-methyl/N-ethyl adjacent to an activating group) is 1. The van der Waals surface area contributed by atoms with Gasteiger partial charge >= 0.3 is 5.97 Å². The minimum Gasteiger partial charge on any atom is -0.468 e. The van der Waals surface area contributed by atoms with E-state index in [0.717, 1.165) is 51.5 Å². The van der Waals surface area contributed by atoms with Crippen LogP contribution in [-0.2, 0) is 14.3 Å². The minimum absolute atomic E-state index is 0.183. The molecule has 0 amide bonds. The largest absolute Gasteiger partial charge is 0.468 e. The summed E-state index contributed by atoms with van der Waals surface area (Å²) in [4.78, 5) is 13.7. The van der Waals surface area contributed by atoms with E-state index < -0.39 is 0 Å². The Bertz CT molecular complexity index is 242. The van der Waals surface area contributed by atoms with E-state index in [9.17, 15) is 4.79 Å². The van der Waals surface area contributed by atoms with Crippen LogP contribution in [0.1, 0.15) is 19.3 Å². The lowest BCUT2D eigenvalue weighted by molar-refractivity contribution is -0.143. The minimum atomic E-state index is -0.202. The maximum Gasteiger partial charge on any atom is 0.322 e. The number of ether oxygens (including phenoxy) is 2. The Hall–Kier alpha value is -0.650. The number of rotatable bonds is 7. The van der Waals surface area contributed by atoms with Gasteiger partial charge in [0.1, 0.15) is 6.04 Å². The van der Waals surface area contributed by atoms with Crippen molar-refractivity contribution in [2.75, 3.05) is 47.5 Å². The van der Waals surface area contributed by atoms with Gasteiger partial charge in [-0.15, -0.1) is 0 Å². The molecule has 106 valence electrons. The summed E-state index contributed by atoms with van der Waals surface area (Å²) in [5.74, 6) is 0.548. The van der Waals surface area contributed by atoms with Gasteiger partial charge in [-0.2, -0.15) is 0 Å². The van der Waals surface area contributed by atoms with E-state index in [1.165, 1.54) is 7.11 Å². The van der Waals surface area contributed by atoms with Crippen LogP contribution in [-0.4, -0.2) is 64.4 Å². The van der Waals surface area contributed by atoms with Crippen LogP contribution in [0.3, 0.4) is 0 Å². The van der Waals surface area contributed by atoms with Crippen molar-refractivity contribution in [1.29, 1.82) is 0 Å². The van der Waals surface area contributed by atoms with E-state index in [1.54, 1.807) is 7.05 Å². The molecule has 0 aliphatic carbocycles. The molecule has 0 bridgehead atoms. The number of methoxy groups -OCH3 is 1. The Labute approximate surface area is 110 Å². The number of hydrogen-bond acceptors (Lipinski definition) is 5. The highest BCUT2D eigenvalue weighted by atomic mass is 16.5. The van der Waals surface area contributed by atoms with Crippen LogP contribution in [0.5, 0.6) is 0 Å². The molecule has 5 nitrogen and oxygen atoms in total. The summed E-state index contributed by atoms with van der Waals surface area (Å²) in [5, 5.41) is 2.99. The number of carbonyl (C=O) groups is 1. The summed E-state index contributed by atoms with van der Waals surface area (Å²) in [7, 11) is 5.33. The van der Waals surface area contributed by atoms with Crippen molar-refractivity contribution in [2.45, 2.75) is 25.3 Å². The molecule has 0 aromatic carbocycles. The third-order valence-corrected chi connectivity index (χ3v) is 3.54. The van der Waals surface area contributed by atoms with Gasteiger partial charge in [0.05, 0.1) is 7.11 Å². The van der Waals surface area contributed by atoms with E-state index in [2.05, 4.69) is 17.3 Å². The van der Waals surface area contributed by atoms with E-state index in [0.29, 0.717) is 0 Å². The summed E-state index contributed by atoms with van der Waals surface area (Å²) >= 11 is 0. The van der Waals surface area contributed by atoms with E-state index in [1.807, 2.05) is 0 Å². The fourth-order valence-corrected chi connectivity index (χ4v) is 2.33. The van der Waals surface area contributed by atoms with Crippen LogP contribution in [0.4, 0.5) is 0 Å². The number of nitrogens with one attached hydrogen (secondary N) is 1. The molecule has 0 spiro atoms. The van der Waals surface area contributed by atoms with Crippen LogP contribution in [0.25, 0.3) is 0 Å². The average Bonchev–Trinajstić information content (AvgIpc) is 2.40. The van der Waals surface area contributed by atoms with E-state index in [4.69, 9.17) is 9.47 Å². The molecule has 18 heavy (non-hydrogen) atoms. The molecule has 0 aromatic heterocycles. The van der Waals surface area contributed by atoms with Crippen molar-refractivity contribution >= 4 is 5.97 Å². The zero-order chi connectivity index (χ0) is 13.4. The van der Waals surface area contributed by atoms with Gasteiger partial charge in [-0.05, 0) is 45.8 Å². The summed E-state index contributed by atoms with van der Waals surface area (Å²) in [6.45, 7) is 3.76. The first kappa shape index (κ1) is 15.4. The Morgan fingerprint density at radius 1 is 1.50 bits per heavy atom. The summed E-state index contributed by atoms with van der Waals surface area (Å²) in [6, 6.07) is -0.202. The lowest BCUT2D eigenvalue weighted by Gasteiger charge is -2.27. The molecule has 1 aliphatic rings. The molecule has 0 aromatic rings. The Balaban J connectivity index is 2.22. The fourth-order valence-electron chi connectivity index (χ4n) is 2.33. The highest BCUT2D eigenvalue weighted by Gasteiger charge is 2.19. The van der Waals surface area contributed by atoms with Gasteiger partial charge in [0.25, 0.3) is 0 Å². The molecule has 1 unspecified atom stereocenters. The topological polar surface area (TPSA) is 50.8 Å². The number of esters is 1. The van der Waals surface area contributed by atoms with Gasteiger partial charge in [-0.1, -0.05) is 0 Å². The van der Waals surface area contributed by atoms with Crippen molar-refractivity contribution in [3.63, 3.8) is 0 Å². The van der Waals surface area contributed by atoms with Gasteiger partial charge in [-0.25, -0.2) is 0 Å². The molecular formula is C13H26N2O3. The Kier molecular flexibility index (Phi) is 7.23. The Morgan fingerprint density at radius 3 is 2.72 bits per heavy atom. The van der Waals surface area contributed by atoms with Gasteiger partial charge in [0.2, 0.25) is 0 Å². The lowest BCUT2D eigenvalue weighted by Crippen LogP contribution is -2.39. The molecule has 1 saturated heterocycles. The summed E-state index contributed by atoms with van der Waals surface area (Å²) in [5.41, 5.74) is 0. The number of hydrogen-bond donors (Lipinski definition) is 1. The highest BCUT2D eigenvalue weighted by molar-refractivity contribution is 5.75. The monoisotopic (exact) mass is 258 g/mol. The van der Waals surface area contributed by atoms with Crippen LogP contribution < -0.4 is 5.32 Å². The maximum absolute atomic E-state index is 11.4. The Morgan fingerprint density at radius 2 is 2.17 bits per heavy atom. The molecule has 1 N–H and O–H groups in total. The third-order valence-electron chi connectivity index (χ3n) is 3.54. The molecular weight excluding hydrogens is 232 g/mol. The smallest absolute Gasteiger partial charge is 0.322 e. The average molecular weight is 258 g/mol. The number of nitrogens with zero attached hydrogens (tertiary/aromatic N) is 1. The number of carbonyl (C=O) groups excluding carboxylic acids is 1. The zero-order valence-electron chi connectivity index (χ0n) is 11.8. The van der Waals surface area contributed by atoms with Crippen LogP contribution in [0, 0.1) is 5.92 Å². The zero-order valence-corrected chi connectivity index (χ0v) is 11.8. The van der Waals surface area contributed by atoms with Crippen LogP contribution >= 0.6 is 0 Å². The fraction of sp³-hybridized carbons (Fsp3) is 0.923. The quantitative estimate of drug-likeness (QED) is 0.674. The van der Waals surface area contributed by atoms with Crippen molar-refractivity contribution < 1.29 is 14.3 Å². The normalized spacial score (nSPS) is 18.9. The SMILES string of the molecule is CNC(CCN(C)CC1CCOCC1)C(=O)OC. The predicted octanol–water partition coefficient (Wildman–Crippen LogP) is 0.496. The van der Waals surface area contributed by atoms with Crippen molar-refractivity contribution in [3.05, 3.63) is 0 Å². The second kappa shape index (κ2) is 8.45. The second-order valence-electron chi connectivity index (χ2n) is 4.97. The van der Waals surface area contributed by atoms with E-state index >= 15 is 0 Å². The predicted molar refractivity (Wildman–Crippen MR) is 70.5 cm³/mol. The van der Waals surface area contributed by atoms with Gasteiger partial charge in [0, 0.05) is 19.8 Å². The second-order valence-corrected chi connectivity index (χ2v) is 4.97. The third kappa shape index (κ3) is 5.33. The lowest BCUT2D eigenvalue weighted by atomic mass is 10.00. The summed E-state index contributed by atoms with van der Waals surface area (Å²) in [6.07, 6.45) is 3.08. The first-order valence-electron chi connectivity index (χ1n) is 6.68. The van der Waals surface area contributed by atoms with E-state index in [-0.39, 0.29) is 12.0 Å². The first-order chi connectivity index (χ1) is 8.67. The van der Waals surface area contributed by atoms with Gasteiger partial charge in [-0.3, -0.25) is 4.79 Å². The van der Waals surface area contributed by atoms with Crippen molar-refractivity contribution in [2.24, 2.45) is 5.92 Å². The molecule has 1 aliphatic heterocycles. The van der Waals surface area contributed by atoms with Crippen LogP contribution in [0.2, 0.25) is 0 Å². The van der Waals surface area contributed by atoms with Crippen molar-refractivity contribution in [1.82, 2.24) is 10.2 Å². The molecule has 1 rings (SSSR count). The van der Waals surface area contributed by atoms with Gasteiger partial charge in [0.15, 0.2) is 0 Å². The summed E-state index contributed by atoms with van der Waals surface area (Å²) < 4.78 is 10.1. The van der Waals surface area contributed by atoms with Crippen LogP contribution in [0.15, 0.2) is 0 Å². The van der Waals surface area contributed by atoms with Crippen molar-refractivity contribution in [3.8, 4) is 0 Å². The molecule has 1 heterocycles. The molecule has 0 radical (unpaired) electrons. The standard InChI is InChI=1S/C13H26N2O3/c1-14-12(13(16)17-3)4-7-15(2)10-11-5-8-18-9-6-11/h11-12,14H,4-10H2,1-3H3. The molecule has 1 fully saturated rings. The molecule has 0 saturated carbocycles. The highest BCUT2D eigenvalue weighted by Crippen LogP contribution is 2.15. The molecule has 5 heteroatoms. The maximum atomic E-state index is 11.4. The van der Waals surface area contributed by atoms with Gasteiger partial charge < -0.3 is 19.7 Å². The molecule has 1 atom stereocenters. The first-order valence-corrected chi connectivity index (χ1v) is 6.68.